The van der Waals surface area contributed by atoms with Gasteiger partial charge in [-0.05, 0) is 18.6 Å². The number of aromatic nitrogens is 3. The lowest BCUT2D eigenvalue weighted by atomic mass is 10.1. The summed E-state index contributed by atoms with van der Waals surface area (Å²) in [5.74, 6) is 0.674. The van der Waals surface area contributed by atoms with Crippen molar-refractivity contribution in [2.45, 2.75) is 31.3 Å². The molecule has 0 saturated carbocycles. The normalized spacial score (nSPS) is 13.4. The standard InChI is InChI=1S/C12H14ClN3O2S/c1-3-9(2)11-14-15-12(19(13,17)18)16(11)10-7-5-4-6-8-10/h4-9H,3H2,1-2H3. The van der Waals surface area contributed by atoms with Gasteiger partial charge in [0.1, 0.15) is 5.82 Å². The van der Waals surface area contributed by atoms with E-state index in [1.165, 1.54) is 4.57 Å². The molecule has 7 heteroatoms. The second-order valence-corrected chi connectivity index (χ2v) is 6.72. The lowest BCUT2D eigenvalue weighted by Gasteiger charge is -2.12. The van der Waals surface area contributed by atoms with Crippen LogP contribution in [0.25, 0.3) is 5.69 Å². The number of rotatable bonds is 4. The molecule has 0 radical (unpaired) electrons. The van der Waals surface area contributed by atoms with E-state index in [1.54, 1.807) is 12.1 Å². The van der Waals surface area contributed by atoms with Gasteiger partial charge in [0, 0.05) is 22.3 Å². The molecule has 19 heavy (non-hydrogen) atoms. The van der Waals surface area contributed by atoms with Crippen molar-refractivity contribution in [1.82, 2.24) is 14.8 Å². The van der Waals surface area contributed by atoms with Crippen LogP contribution in [0.5, 0.6) is 0 Å². The van der Waals surface area contributed by atoms with Crippen molar-refractivity contribution < 1.29 is 8.42 Å². The Morgan fingerprint density at radius 2 is 1.89 bits per heavy atom. The number of para-hydroxylation sites is 1. The van der Waals surface area contributed by atoms with Crippen molar-refractivity contribution in [3.05, 3.63) is 36.2 Å². The van der Waals surface area contributed by atoms with Gasteiger partial charge in [0.2, 0.25) is 0 Å². The molecule has 1 aromatic heterocycles. The molecule has 0 spiro atoms. The molecule has 2 aromatic rings. The molecule has 0 aliphatic rings. The molecule has 1 atom stereocenters. The van der Waals surface area contributed by atoms with Crippen molar-refractivity contribution in [3.8, 4) is 5.69 Å². The summed E-state index contributed by atoms with van der Waals surface area (Å²) in [6.45, 7) is 3.97. The highest BCUT2D eigenvalue weighted by Gasteiger charge is 2.25. The van der Waals surface area contributed by atoms with Gasteiger partial charge in [-0.3, -0.25) is 4.57 Å². The van der Waals surface area contributed by atoms with E-state index in [0.29, 0.717) is 11.5 Å². The highest BCUT2D eigenvalue weighted by Crippen LogP contribution is 2.25. The minimum Gasteiger partial charge on any atom is -0.269 e. The Hall–Kier alpha value is -1.40. The molecule has 1 heterocycles. The van der Waals surface area contributed by atoms with Gasteiger partial charge in [-0.25, -0.2) is 8.42 Å². The quantitative estimate of drug-likeness (QED) is 0.814. The van der Waals surface area contributed by atoms with E-state index in [0.717, 1.165) is 6.42 Å². The van der Waals surface area contributed by atoms with Gasteiger partial charge in [-0.2, -0.15) is 0 Å². The Morgan fingerprint density at radius 3 is 2.42 bits per heavy atom. The monoisotopic (exact) mass is 299 g/mol. The Balaban J connectivity index is 2.71. The number of halogens is 1. The van der Waals surface area contributed by atoms with E-state index in [2.05, 4.69) is 10.2 Å². The first-order valence-corrected chi connectivity index (χ1v) is 8.21. The largest absolute Gasteiger partial charge is 0.297 e. The molecule has 0 aliphatic carbocycles. The summed E-state index contributed by atoms with van der Waals surface area (Å²) in [7, 11) is 1.48. The summed E-state index contributed by atoms with van der Waals surface area (Å²) in [5.41, 5.74) is 0.682. The fourth-order valence-corrected chi connectivity index (χ4v) is 2.62. The highest BCUT2D eigenvalue weighted by atomic mass is 35.7. The molecule has 1 aromatic carbocycles. The van der Waals surface area contributed by atoms with Crippen molar-refractivity contribution in [3.63, 3.8) is 0 Å². The van der Waals surface area contributed by atoms with Crippen molar-refractivity contribution in [2.24, 2.45) is 0 Å². The maximum Gasteiger partial charge on any atom is 0.297 e. The molecule has 102 valence electrons. The third kappa shape index (κ3) is 2.79. The van der Waals surface area contributed by atoms with E-state index in [9.17, 15) is 8.42 Å². The average molecular weight is 300 g/mol. The molecule has 1 unspecified atom stereocenters. The first kappa shape index (κ1) is 14.0. The van der Waals surface area contributed by atoms with Gasteiger partial charge in [-0.1, -0.05) is 32.0 Å². The van der Waals surface area contributed by atoms with E-state index in [4.69, 9.17) is 10.7 Å². The van der Waals surface area contributed by atoms with E-state index in [1.807, 2.05) is 32.0 Å². The molecule has 0 N–H and O–H groups in total. The topological polar surface area (TPSA) is 64.8 Å². The number of nitrogens with zero attached hydrogens (tertiary/aromatic N) is 3. The zero-order chi connectivity index (χ0) is 14.0. The fourth-order valence-electron chi connectivity index (χ4n) is 1.76. The number of hydrogen-bond acceptors (Lipinski definition) is 4. The van der Waals surface area contributed by atoms with Crippen LogP contribution in [0.4, 0.5) is 0 Å². The molecule has 0 bridgehead atoms. The van der Waals surface area contributed by atoms with Crippen LogP contribution in [0.3, 0.4) is 0 Å². The zero-order valence-corrected chi connectivity index (χ0v) is 12.2. The van der Waals surface area contributed by atoms with Crippen LogP contribution in [-0.4, -0.2) is 23.2 Å². The summed E-state index contributed by atoms with van der Waals surface area (Å²) in [6, 6.07) is 9.08. The van der Waals surface area contributed by atoms with Gasteiger partial charge in [0.25, 0.3) is 14.2 Å². The summed E-state index contributed by atoms with van der Waals surface area (Å²) in [5, 5.41) is 7.46. The SMILES string of the molecule is CCC(C)c1nnc(S(=O)(=O)Cl)n1-c1ccccc1. The minimum atomic E-state index is -3.94. The van der Waals surface area contributed by atoms with Crippen LogP contribution >= 0.6 is 10.7 Å². The van der Waals surface area contributed by atoms with Crippen LogP contribution in [0.15, 0.2) is 35.5 Å². The van der Waals surface area contributed by atoms with Gasteiger partial charge < -0.3 is 0 Å². The van der Waals surface area contributed by atoms with Crippen LogP contribution in [0.1, 0.15) is 32.0 Å². The summed E-state index contributed by atoms with van der Waals surface area (Å²) in [4.78, 5) is 0. The third-order valence-corrected chi connectivity index (χ3v) is 4.06. The lowest BCUT2D eigenvalue weighted by molar-refractivity contribution is 0.594. The molecule has 0 fully saturated rings. The summed E-state index contributed by atoms with van der Waals surface area (Å²) < 4.78 is 24.7. The van der Waals surface area contributed by atoms with Crippen molar-refractivity contribution in [1.29, 1.82) is 0 Å². The minimum absolute atomic E-state index is 0.0832. The molecule has 0 amide bonds. The lowest BCUT2D eigenvalue weighted by Crippen LogP contribution is -2.09. The third-order valence-electron chi connectivity index (χ3n) is 2.94. The molecular formula is C12H14ClN3O2S. The molecule has 0 saturated heterocycles. The van der Waals surface area contributed by atoms with Crippen LogP contribution in [0.2, 0.25) is 0 Å². The molecule has 5 nitrogen and oxygen atoms in total. The Labute approximate surface area is 116 Å². The number of hydrogen-bond donors (Lipinski definition) is 0. The van der Waals surface area contributed by atoms with Crippen LogP contribution in [-0.2, 0) is 9.05 Å². The van der Waals surface area contributed by atoms with Gasteiger partial charge in [-0.15, -0.1) is 10.2 Å². The maximum absolute atomic E-state index is 11.6. The van der Waals surface area contributed by atoms with Crippen molar-refractivity contribution >= 4 is 19.7 Å². The zero-order valence-electron chi connectivity index (χ0n) is 10.6. The maximum atomic E-state index is 11.6. The molecule has 2 rings (SSSR count). The van der Waals surface area contributed by atoms with E-state index in [-0.39, 0.29) is 11.1 Å². The van der Waals surface area contributed by atoms with Gasteiger partial charge >= 0.3 is 0 Å². The Kier molecular flexibility index (Phi) is 3.91. The first-order valence-electron chi connectivity index (χ1n) is 5.90. The smallest absolute Gasteiger partial charge is 0.269 e. The fraction of sp³-hybridized carbons (Fsp3) is 0.333. The predicted molar refractivity (Wildman–Crippen MR) is 73.1 cm³/mol. The average Bonchev–Trinajstić information content (AvgIpc) is 2.83. The Bertz CT molecular complexity index is 668. The van der Waals surface area contributed by atoms with E-state index < -0.39 is 9.05 Å². The van der Waals surface area contributed by atoms with Crippen LogP contribution < -0.4 is 0 Å². The van der Waals surface area contributed by atoms with Crippen molar-refractivity contribution in [2.75, 3.05) is 0 Å². The summed E-state index contributed by atoms with van der Waals surface area (Å²) >= 11 is 0. The van der Waals surface area contributed by atoms with Gasteiger partial charge in [0.15, 0.2) is 0 Å². The second kappa shape index (κ2) is 5.30. The predicted octanol–water partition coefficient (Wildman–Crippen LogP) is 2.71. The first-order chi connectivity index (χ1) is 8.95. The van der Waals surface area contributed by atoms with E-state index >= 15 is 0 Å². The second-order valence-electron chi connectivity index (χ2n) is 4.26. The highest BCUT2D eigenvalue weighted by molar-refractivity contribution is 8.13. The summed E-state index contributed by atoms with van der Waals surface area (Å²) in [6.07, 6.45) is 0.827. The van der Waals surface area contributed by atoms with Gasteiger partial charge in [0.05, 0.1) is 0 Å². The number of benzene rings is 1. The Morgan fingerprint density at radius 1 is 1.26 bits per heavy atom. The molecule has 0 aliphatic heterocycles. The molecular weight excluding hydrogens is 286 g/mol. The van der Waals surface area contributed by atoms with Crippen LogP contribution in [0, 0.1) is 0 Å².